The normalized spacial score (nSPS) is 10.2. The Hall–Kier alpha value is -1.31. The van der Waals surface area contributed by atoms with Gasteiger partial charge in [0.25, 0.3) is 6.39 Å². The van der Waals surface area contributed by atoms with E-state index in [0.29, 0.717) is 0 Å². The minimum absolute atomic E-state index is 0.758. The second-order valence-electron chi connectivity index (χ2n) is 1.70. The summed E-state index contributed by atoms with van der Waals surface area (Å²) in [5.41, 5.74) is 1.56. The Kier molecular flexibility index (Phi) is 0.803. The summed E-state index contributed by atoms with van der Waals surface area (Å²) in [6, 6.07) is 8.22. The predicted octanol–water partition coefficient (Wildman–Crippen LogP) is 1.43. The molecule has 0 aliphatic carbocycles. The third-order valence-electron chi connectivity index (χ3n) is 1.13. The maximum atomic E-state index is 4.86. The van der Waals surface area contributed by atoms with Gasteiger partial charge in [-0.25, -0.2) is 4.98 Å². The first-order valence-corrected chi connectivity index (χ1v) is 2.59. The Morgan fingerprint density at radius 1 is 1.56 bits per heavy atom. The highest BCUT2D eigenvalue weighted by molar-refractivity contribution is 5.70. The van der Waals surface area contributed by atoms with Crippen molar-refractivity contribution in [2.45, 2.75) is 0 Å². The predicted molar refractivity (Wildman–Crippen MR) is 31.7 cm³/mol. The minimum Gasteiger partial charge on any atom is -0.432 e. The van der Waals surface area contributed by atoms with E-state index in [9.17, 15) is 0 Å². The van der Waals surface area contributed by atoms with Gasteiger partial charge in [-0.2, -0.15) is 0 Å². The van der Waals surface area contributed by atoms with E-state index < -0.39 is 0 Å². The lowest BCUT2D eigenvalue weighted by Crippen LogP contribution is -1.62. The summed E-state index contributed by atoms with van der Waals surface area (Å²) in [7, 11) is 0. The van der Waals surface area contributed by atoms with Gasteiger partial charge in [0.1, 0.15) is 5.52 Å². The molecule has 0 bridgehead atoms. The molecule has 1 aromatic heterocycles. The number of benzene rings is 1. The highest BCUT2D eigenvalue weighted by Gasteiger charge is 1.92. The van der Waals surface area contributed by atoms with Crippen molar-refractivity contribution in [3.8, 4) is 0 Å². The zero-order valence-corrected chi connectivity index (χ0v) is 4.59. The number of rotatable bonds is 0. The van der Waals surface area contributed by atoms with Crippen molar-refractivity contribution >= 4 is 11.1 Å². The van der Waals surface area contributed by atoms with Crippen molar-refractivity contribution < 1.29 is 4.42 Å². The Bertz CT molecular complexity index is 283. The maximum Gasteiger partial charge on any atom is 0.284 e. The minimum atomic E-state index is 0.758. The van der Waals surface area contributed by atoms with Crippen molar-refractivity contribution in [1.82, 2.24) is 4.98 Å². The summed E-state index contributed by atoms with van der Waals surface area (Å²) >= 11 is 0. The molecule has 0 saturated heterocycles. The van der Waals surface area contributed by atoms with Gasteiger partial charge in [-0.15, -0.1) is 0 Å². The van der Waals surface area contributed by atoms with Crippen molar-refractivity contribution in [2.75, 3.05) is 0 Å². The molecule has 9 heavy (non-hydrogen) atoms. The zero-order valence-electron chi connectivity index (χ0n) is 4.59. The second-order valence-corrected chi connectivity index (χ2v) is 1.70. The van der Waals surface area contributed by atoms with Crippen LogP contribution in [0.1, 0.15) is 0 Å². The average molecular weight is 117 g/mol. The van der Waals surface area contributed by atoms with Crippen LogP contribution < -0.4 is 0 Å². The fourth-order valence-electron chi connectivity index (χ4n) is 0.702. The molecule has 0 unspecified atom stereocenters. The van der Waals surface area contributed by atoms with Crippen LogP contribution in [0.25, 0.3) is 11.1 Å². The molecule has 0 fully saturated rings. The van der Waals surface area contributed by atoms with Crippen LogP contribution in [0.2, 0.25) is 0 Å². The Morgan fingerprint density at radius 3 is 3.44 bits per heavy atom. The Balaban J connectivity index is 2.95. The molecule has 0 aliphatic heterocycles. The quantitative estimate of drug-likeness (QED) is 0.521. The number of fused-ring (bicyclic) bond motifs is 1. The van der Waals surface area contributed by atoms with Crippen molar-refractivity contribution in [3.05, 3.63) is 30.7 Å². The molecule has 0 amide bonds. The van der Waals surface area contributed by atoms with E-state index in [0.717, 1.165) is 11.1 Å². The van der Waals surface area contributed by atoms with Gasteiger partial charge in [0.05, 0.1) is 0 Å². The highest BCUT2D eigenvalue weighted by Crippen LogP contribution is 2.08. The molecule has 2 radical (unpaired) electrons. The van der Waals surface area contributed by atoms with Gasteiger partial charge in [0.15, 0.2) is 5.58 Å². The largest absolute Gasteiger partial charge is 0.432 e. The number of hydrogen-bond donors (Lipinski definition) is 0. The van der Waals surface area contributed by atoms with Gasteiger partial charge in [0, 0.05) is 0 Å². The molecule has 2 rings (SSSR count). The molecule has 1 heterocycles. The van der Waals surface area contributed by atoms with Crippen molar-refractivity contribution in [2.24, 2.45) is 0 Å². The summed E-state index contributed by atoms with van der Waals surface area (Å²) < 4.78 is 4.86. The highest BCUT2D eigenvalue weighted by atomic mass is 16.3. The lowest BCUT2D eigenvalue weighted by molar-refractivity contribution is 0.591. The lowest BCUT2D eigenvalue weighted by Gasteiger charge is -1.78. The average Bonchev–Trinajstić information content (AvgIpc) is 2.33. The van der Waals surface area contributed by atoms with Crippen LogP contribution >= 0.6 is 0 Å². The first kappa shape index (κ1) is 4.56. The number of oxazole rings is 1. The number of aromatic nitrogens is 1. The van der Waals surface area contributed by atoms with Crippen molar-refractivity contribution in [3.63, 3.8) is 0 Å². The molecule has 0 saturated carbocycles. The summed E-state index contributed by atoms with van der Waals surface area (Å²) in [5.74, 6) is 0. The van der Waals surface area contributed by atoms with Crippen LogP contribution in [0.5, 0.6) is 0 Å². The van der Waals surface area contributed by atoms with Gasteiger partial charge >= 0.3 is 0 Å². The fourth-order valence-corrected chi connectivity index (χ4v) is 0.702. The van der Waals surface area contributed by atoms with Crippen LogP contribution in [0.3, 0.4) is 0 Å². The summed E-state index contributed by atoms with van der Waals surface area (Å²) in [5, 5.41) is 0. The Labute approximate surface area is 52.1 Å². The van der Waals surface area contributed by atoms with Crippen LogP contribution in [-0.4, -0.2) is 4.98 Å². The van der Waals surface area contributed by atoms with Crippen LogP contribution in [0.4, 0.5) is 0 Å². The topological polar surface area (TPSA) is 26.0 Å². The molecule has 2 nitrogen and oxygen atoms in total. The molecule has 2 aromatic rings. The third-order valence-corrected chi connectivity index (χ3v) is 1.13. The fraction of sp³-hybridized carbons (Fsp3) is 0. The molecule has 0 spiro atoms. The van der Waals surface area contributed by atoms with E-state index in [1.165, 1.54) is 0 Å². The summed E-state index contributed by atoms with van der Waals surface area (Å²) in [6.45, 7) is 0. The first-order valence-electron chi connectivity index (χ1n) is 2.59. The molecular weight excluding hydrogens is 114 g/mol. The second kappa shape index (κ2) is 1.58. The zero-order chi connectivity index (χ0) is 6.10. The monoisotopic (exact) mass is 117 g/mol. The van der Waals surface area contributed by atoms with E-state index >= 15 is 0 Å². The van der Waals surface area contributed by atoms with Crippen LogP contribution in [-0.2, 0) is 0 Å². The van der Waals surface area contributed by atoms with Crippen LogP contribution in [0.15, 0.2) is 22.6 Å². The SMILES string of the molecule is [c]1ccc2o[c]nc2c1. The molecule has 42 valence electrons. The van der Waals surface area contributed by atoms with Crippen molar-refractivity contribution in [1.29, 1.82) is 0 Å². The van der Waals surface area contributed by atoms with Gasteiger partial charge in [-0.1, -0.05) is 6.07 Å². The van der Waals surface area contributed by atoms with Gasteiger partial charge in [-0.05, 0) is 18.2 Å². The van der Waals surface area contributed by atoms with E-state index in [2.05, 4.69) is 17.4 Å². The standard InChI is InChI=1S/C7H3NO/c1-2-4-7-6(3-1)8-5-9-7/h2-4H. The van der Waals surface area contributed by atoms with E-state index in [4.69, 9.17) is 4.42 Å². The van der Waals surface area contributed by atoms with Gasteiger partial charge in [-0.3, -0.25) is 0 Å². The van der Waals surface area contributed by atoms with Gasteiger partial charge in [0.2, 0.25) is 0 Å². The van der Waals surface area contributed by atoms with E-state index in [1.54, 1.807) is 18.2 Å². The molecule has 0 atom stereocenters. The lowest BCUT2D eigenvalue weighted by atomic mass is 10.3. The molecule has 1 aromatic carbocycles. The van der Waals surface area contributed by atoms with E-state index in [1.807, 2.05) is 0 Å². The third kappa shape index (κ3) is 0.598. The van der Waals surface area contributed by atoms with Gasteiger partial charge < -0.3 is 4.42 Å². The maximum absolute atomic E-state index is 4.86. The number of hydrogen-bond acceptors (Lipinski definition) is 2. The molecule has 0 aliphatic rings. The molecular formula is C7H3NO. The van der Waals surface area contributed by atoms with E-state index in [-0.39, 0.29) is 0 Å². The molecule has 0 N–H and O–H groups in total. The molecule has 2 heteroatoms. The smallest absolute Gasteiger partial charge is 0.284 e. The first-order chi connectivity index (χ1) is 4.47. The summed E-state index contributed by atoms with van der Waals surface area (Å²) in [4.78, 5) is 3.80. The number of nitrogens with zero attached hydrogens (tertiary/aromatic N) is 1. The Morgan fingerprint density at radius 2 is 2.56 bits per heavy atom. The summed E-state index contributed by atoms with van der Waals surface area (Å²) in [6.07, 6.45) is 2.39. The van der Waals surface area contributed by atoms with Crippen LogP contribution in [0, 0.1) is 12.5 Å².